The Hall–Kier alpha value is -2.67. The first-order chi connectivity index (χ1) is 11.8. The van der Waals surface area contributed by atoms with Gasteiger partial charge in [0.15, 0.2) is 0 Å². The van der Waals surface area contributed by atoms with Crippen LogP contribution in [0.15, 0.2) is 54.9 Å². The van der Waals surface area contributed by atoms with Crippen LogP contribution in [0, 0.1) is 5.92 Å². The van der Waals surface area contributed by atoms with Crippen molar-refractivity contribution in [2.45, 2.75) is 6.92 Å². The van der Waals surface area contributed by atoms with E-state index < -0.39 is 15.8 Å². The molecule has 0 saturated heterocycles. The molecule has 6 nitrogen and oxygen atoms in total. The molecule has 1 amide bonds. The van der Waals surface area contributed by atoms with Crippen LogP contribution in [-0.2, 0) is 14.6 Å². The number of anilines is 1. The second-order valence-electron chi connectivity index (χ2n) is 6.13. The van der Waals surface area contributed by atoms with Crippen molar-refractivity contribution in [1.29, 1.82) is 0 Å². The van der Waals surface area contributed by atoms with Gasteiger partial charge in [0.05, 0.1) is 16.8 Å². The highest BCUT2D eigenvalue weighted by atomic mass is 32.2. The maximum absolute atomic E-state index is 12.1. The number of carbonyl (C=O) groups excluding carboxylic acids is 1. The zero-order valence-electron chi connectivity index (χ0n) is 14.0. The van der Waals surface area contributed by atoms with Gasteiger partial charge in [-0.1, -0.05) is 19.1 Å². The van der Waals surface area contributed by atoms with Crippen LogP contribution in [0.4, 0.5) is 5.69 Å². The maximum Gasteiger partial charge on any atom is 0.228 e. The van der Waals surface area contributed by atoms with Crippen LogP contribution in [0.3, 0.4) is 0 Å². The third kappa shape index (κ3) is 4.06. The van der Waals surface area contributed by atoms with E-state index in [4.69, 9.17) is 0 Å². The average molecular weight is 357 g/mol. The molecular weight excluding hydrogens is 338 g/mol. The standard InChI is InChI=1S/C18H19N3O3S/c1-13(11-25(2,23)24)18(22)20-14-7-9-15(10-8-14)21-12-19-16-5-3-4-6-17(16)21/h3-10,12-13H,11H2,1-2H3,(H,20,22). The van der Waals surface area contributed by atoms with E-state index in [0.29, 0.717) is 5.69 Å². The molecule has 0 saturated carbocycles. The van der Waals surface area contributed by atoms with E-state index in [1.807, 2.05) is 41.0 Å². The molecule has 0 spiro atoms. The van der Waals surface area contributed by atoms with Crippen LogP contribution >= 0.6 is 0 Å². The molecule has 0 aliphatic heterocycles. The number of fused-ring (bicyclic) bond motifs is 1. The molecule has 0 fully saturated rings. The molecule has 130 valence electrons. The number of para-hydroxylation sites is 2. The van der Waals surface area contributed by atoms with Crippen molar-refractivity contribution in [3.8, 4) is 5.69 Å². The van der Waals surface area contributed by atoms with E-state index >= 15 is 0 Å². The van der Waals surface area contributed by atoms with Crippen LogP contribution < -0.4 is 5.32 Å². The number of carbonyl (C=O) groups is 1. The molecule has 3 aromatic rings. The Morgan fingerprint density at radius 1 is 1.16 bits per heavy atom. The molecule has 7 heteroatoms. The summed E-state index contributed by atoms with van der Waals surface area (Å²) < 4.78 is 24.6. The van der Waals surface area contributed by atoms with Crippen molar-refractivity contribution in [3.05, 3.63) is 54.9 Å². The normalized spacial score (nSPS) is 12.9. The SMILES string of the molecule is CC(CS(C)(=O)=O)C(=O)Nc1ccc(-n2cnc3ccccc32)cc1. The van der Waals surface area contributed by atoms with Crippen molar-refractivity contribution in [2.24, 2.45) is 5.92 Å². The summed E-state index contributed by atoms with van der Waals surface area (Å²) in [6.45, 7) is 1.60. The van der Waals surface area contributed by atoms with Gasteiger partial charge in [0.1, 0.15) is 16.2 Å². The minimum atomic E-state index is -3.19. The van der Waals surface area contributed by atoms with Crippen LogP contribution in [0.25, 0.3) is 16.7 Å². The van der Waals surface area contributed by atoms with Crippen LogP contribution in [0.1, 0.15) is 6.92 Å². The fourth-order valence-electron chi connectivity index (χ4n) is 2.67. The van der Waals surface area contributed by atoms with E-state index in [-0.39, 0.29) is 11.7 Å². The van der Waals surface area contributed by atoms with Gasteiger partial charge in [-0.05, 0) is 36.4 Å². The van der Waals surface area contributed by atoms with Gasteiger partial charge in [-0.2, -0.15) is 0 Å². The topological polar surface area (TPSA) is 81.1 Å². The van der Waals surface area contributed by atoms with E-state index in [1.165, 1.54) is 0 Å². The summed E-state index contributed by atoms with van der Waals surface area (Å²) in [6, 6.07) is 15.2. The molecule has 3 rings (SSSR count). The Balaban J connectivity index is 1.75. The van der Waals surface area contributed by atoms with Crippen molar-refractivity contribution in [3.63, 3.8) is 0 Å². The second kappa shape index (κ2) is 6.68. The molecule has 1 atom stereocenters. The van der Waals surface area contributed by atoms with Gasteiger partial charge in [-0.15, -0.1) is 0 Å². The van der Waals surface area contributed by atoms with Gasteiger partial charge in [-0.25, -0.2) is 13.4 Å². The predicted octanol–water partition coefficient (Wildman–Crippen LogP) is 2.64. The number of nitrogens with one attached hydrogen (secondary N) is 1. The fraction of sp³-hybridized carbons (Fsp3) is 0.222. The summed E-state index contributed by atoms with van der Waals surface area (Å²) in [7, 11) is -3.19. The Morgan fingerprint density at radius 3 is 2.52 bits per heavy atom. The summed E-state index contributed by atoms with van der Waals surface area (Å²) in [6.07, 6.45) is 2.88. The van der Waals surface area contributed by atoms with E-state index in [9.17, 15) is 13.2 Å². The molecule has 0 radical (unpaired) electrons. The van der Waals surface area contributed by atoms with Gasteiger partial charge < -0.3 is 5.32 Å². The molecule has 2 aromatic carbocycles. The lowest BCUT2D eigenvalue weighted by molar-refractivity contribution is -0.118. The summed E-state index contributed by atoms with van der Waals surface area (Å²) in [5.41, 5.74) is 3.46. The minimum Gasteiger partial charge on any atom is -0.326 e. The minimum absolute atomic E-state index is 0.169. The predicted molar refractivity (Wildman–Crippen MR) is 98.6 cm³/mol. The zero-order valence-corrected chi connectivity index (χ0v) is 14.8. The number of sulfone groups is 1. The quantitative estimate of drug-likeness (QED) is 0.761. The van der Waals surface area contributed by atoms with Crippen LogP contribution in [0.5, 0.6) is 0 Å². The van der Waals surface area contributed by atoms with Gasteiger partial charge in [0.25, 0.3) is 0 Å². The maximum atomic E-state index is 12.1. The number of rotatable bonds is 5. The molecule has 1 N–H and O–H groups in total. The molecule has 0 bridgehead atoms. The largest absolute Gasteiger partial charge is 0.326 e. The molecular formula is C18H19N3O3S. The van der Waals surface area contributed by atoms with Gasteiger partial charge in [0.2, 0.25) is 5.91 Å². The molecule has 0 aliphatic rings. The number of hydrogen-bond donors (Lipinski definition) is 1. The number of nitrogens with zero attached hydrogens (tertiary/aromatic N) is 2. The Labute approximate surface area is 146 Å². The van der Waals surface area contributed by atoms with Crippen LogP contribution in [0.2, 0.25) is 0 Å². The second-order valence-corrected chi connectivity index (χ2v) is 8.32. The monoisotopic (exact) mass is 357 g/mol. The average Bonchev–Trinajstić information content (AvgIpc) is 2.98. The van der Waals surface area contributed by atoms with Crippen LogP contribution in [-0.4, -0.2) is 35.9 Å². The number of amides is 1. The van der Waals surface area contributed by atoms with Gasteiger partial charge in [-0.3, -0.25) is 9.36 Å². The zero-order chi connectivity index (χ0) is 18.0. The first-order valence-electron chi connectivity index (χ1n) is 7.84. The number of imidazole rings is 1. The Kier molecular flexibility index (Phi) is 4.59. The molecule has 0 aliphatic carbocycles. The fourth-order valence-corrected chi connectivity index (χ4v) is 3.73. The van der Waals surface area contributed by atoms with E-state index in [1.54, 1.807) is 25.4 Å². The van der Waals surface area contributed by atoms with Crippen molar-refractivity contribution >= 4 is 32.5 Å². The van der Waals surface area contributed by atoms with E-state index in [0.717, 1.165) is 23.0 Å². The summed E-state index contributed by atoms with van der Waals surface area (Å²) in [4.78, 5) is 16.4. The molecule has 1 heterocycles. The number of hydrogen-bond acceptors (Lipinski definition) is 4. The van der Waals surface area contributed by atoms with Crippen molar-refractivity contribution < 1.29 is 13.2 Å². The smallest absolute Gasteiger partial charge is 0.228 e. The Morgan fingerprint density at radius 2 is 1.84 bits per heavy atom. The first-order valence-corrected chi connectivity index (χ1v) is 9.91. The highest BCUT2D eigenvalue weighted by molar-refractivity contribution is 7.90. The third-order valence-corrected chi connectivity index (χ3v) is 4.97. The molecule has 1 aromatic heterocycles. The first kappa shape index (κ1) is 17.2. The highest BCUT2D eigenvalue weighted by Crippen LogP contribution is 2.20. The van der Waals surface area contributed by atoms with Crippen molar-refractivity contribution in [1.82, 2.24) is 9.55 Å². The summed E-state index contributed by atoms with van der Waals surface area (Å²) >= 11 is 0. The third-order valence-electron chi connectivity index (χ3n) is 3.87. The Bertz CT molecular complexity index is 1010. The number of benzene rings is 2. The van der Waals surface area contributed by atoms with Gasteiger partial charge >= 0.3 is 0 Å². The lowest BCUT2D eigenvalue weighted by atomic mass is 10.2. The highest BCUT2D eigenvalue weighted by Gasteiger charge is 2.18. The number of aromatic nitrogens is 2. The van der Waals surface area contributed by atoms with E-state index in [2.05, 4.69) is 10.3 Å². The lowest BCUT2D eigenvalue weighted by Gasteiger charge is -2.12. The van der Waals surface area contributed by atoms with Crippen molar-refractivity contribution in [2.75, 3.05) is 17.3 Å². The molecule has 1 unspecified atom stereocenters. The van der Waals surface area contributed by atoms with Gasteiger partial charge in [0, 0.05) is 23.5 Å². The summed E-state index contributed by atoms with van der Waals surface area (Å²) in [5.74, 6) is -1.09. The molecule has 25 heavy (non-hydrogen) atoms. The lowest BCUT2D eigenvalue weighted by Crippen LogP contribution is -2.26. The summed E-state index contributed by atoms with van der Waals surface area (Å²) in [5, 5.41) is 2.75.